The van der Waals surface area contributed by atoms with Crippen molar-refractivity contribution in [2.24, 2.45) is 0 Å². The lowest BCUT2D eigenvalue weighted by Crippen LogP contribution is -2.48. The van der Waals surface area contributed by atoms with Gasteiger partial charge in [-0.15, -0.1) is 0 Å². The summed E-state index contributed by atoms with van der Waals surface area (Å²) < 4.78 is 18.0. The van der Waals surface area contributed by atoms with E-state index in [1.165, 1.54) is 19.2 Å². The molecule has 0 spiro atoms. The van der Waals surface area contributed by atoms with Crippen molar-refractivity contribution in [1.82, 2.24) is 10.6 Å². The van der Waals surface area contributed by atoms with Crippen molar-refractivity contribution in [1.29, 1.82) is 0 Å². The van der Waals surface area contributed by atoms with Gasteiger partial charge in [0.05, 0.1) is 0 Å². The molecule has 1 atom stereocenters. The minimum Gasteiger partial charge on any atom is -0.444 e. The third-order valence-corrected chi connectivity index (χ3v) is 2.61. The number of halogens is 1. The van der Waals surface area contributed by atoms with E-state index in [2.05, 4.69) is 10.6 Å². The number of amides is 2. The van der Waals surface area contributed by atoms with Crippen LogP contribution in [-0.4, -0.2) is 30.7 Å². The van der Waals surface area contributed by atoms with Crippen LogP contribution in [0.15, 0.2) is 24.3 Å². The molecule has 0 unspecified atom stereocenters. The van der Waals surface area contributed by atoms with Gasteiger partial charge in [-0.3, -0.25) is 4.79 Å². The molecular formula is C15H21FN2O3. The van der Waals surface area contributed by atoms with Crippen LogP contribution in [0.4, 0.5) is 9.18 Å². The second-order valence-corrected chi connectivity index (χ2v) is 5.64. The van der Waals surface area contributed by atoms with Crippen molar-refractivity contribution in [3.05, 3.63) is 35.6 Å². The average molecular weight is 296 g/mol. The molecule has 5 nitrogen and oxygen atoms in total. The summed E-state index contributed by atoms with van der Waals surface area (Å²) in [4.78, 5) is 23.6. The number of carbonyl (C=O) groups excluding carboxylic acids is 2. The minimum atomic E-state index is -0.782. The zero-order valence-corrected chi connectivity index (χ0v) is 12.7. The predicted molar refractivity (Wildman–Crippen MR) is 77.3 cm³/mol. The highest BCUT2D eigenvalue weighted by Gasteiger charge is 2.23. The number of ether oxygens (including phenoxy) is 1. The second kappa shape index (κ2) is 7.06. The molecule has 116 valence electrons. The van der Waals surface area contributed by atoms with Crippen LogP contribution < -0.4 is 10.6 Å². The second-order valence-electron chi connectivity index (χ2n) is 5.64. The molecule has 1 rings (SSSR count). The maximum atomic E-state index is 12.9. The summed E-state index contributed by atoms with van der Waals surface area (Å²) in [6.45, 7) is 5.21. The van der Waals surface area contributed by atoms with E-state index in [9.17, 15) is 14.0 Å². The highest BCUT2D eigenvalue weighted by Crippen LogP contribution is 2.09. The fourth-order valence-electron chi connectivity index (χ4n) is 1.69. The van der Waals surface area contributed by atoms with Crippen molar-refractivity contribution in [3.8, 4) is 0 Å². The standard InChI is InChI=1S/C15H21FN2O3/c1-15(2,3)21-14(20)18-12(13(19)17-4)9-10-5-7-11(16)8-6-10/h5-8,12H,9H2,1-4H3,(H,17,19)(H,18,20)/t12-/m0/s1. The maximum Gasteiger partial charge on any atom is 0.408 e. The number of hydrogen-bond acceptors (Lipinski definition) is 3. The van der Waals surface area contributed by atoms with Crippen LogP contribution in [0, 0.1) is 5.82 Å². The van der Waals surface area contributed by atoms with Crippen LogP contribution in [0.5, 0.6) is 0 Å². The fraction of sp³-hybridized carbons (Fsp3) is 0.467. The molecule has 0 aromatic heterocycles. The van der Waals surface area contributed by atoms with Crippen LogP contribution in [0.2, 0.25) is 0 Å². The van der Waals surface area contributed by atoms with E-state index in [-0.39, 0.29) is 18.1 Å². The largest absolute Gasteiger partial charge is 0.444 e. The number of carbonyl (C=O) groups is 2. The lowest BCUT2D eigenvalue weighted by Gasteiger charge is -2.23. The van der Waals surface area contributed by atoms with E-state index in [1.807, 2.05) is 0 Å². The summed E-state index contributed by atoms with van der Waals surface area (Å²) in [6.07, 6.45) is -0.419. The van der Waals surface area contributed by atoms with Crippen LogP contribution in [0.25, 0.3) is 0 Å². The zero-order chi connectivity index (χ0) is 16.0. The molecule has 0 fully saturated rings. The van der Waals surface area contributed by atoms with E-state index < -0.39 is 17.7 Å². The third-order valence-electron chi connectivity index (χ3n) is 2.61. The maximum absolute atomic E-state index is 12.9. The summed E-state index contributed by atoms with van der Waals surface area (Å²) in [5.41, 5.74) is 0.0915. The monoisotopic (exact) mass is 296 g/mol. The predicted octanol–water partition coefficient (Wildman–Crippen LogP) is 2.01. The van der Waals surface area contributed by atoms with Gasteiger partial charge in [0.2, 0.25) is 5.91 Å². The Bertz CT molecular complexity index is 495. The summed E-state index contributed by atoms with van der Waals surface area (Å²) in [5.74, 6) is -0.694. The number of alkyl carbamates (subject to hydrolysis) is 1. The van der Waals surface area contributed by atoms with E-state index in [1.54, 1.807) is 32.9 Å². The van der Waals surface area contributed by atoms with Gasteiger partial charge < -0.3 is 15.4 Å². The number of benzene rings is 1. The van der Waals surface area contributed by atoms with Gasteiger partial charge in [-0.05, 0) is 38.5 Å². The van der Waals surface area contributed by atoms with Gasteiger partial charge in [0.25, 0.3) is 0 Å². The SMILES string of the molecule is CNC(=O)[C@H](Cc1ccc(F)cc1)NC(=O)OC(C)(C)C. The number of hydrogen-bond donors (Lipinski definition) is 2. The molecule has 0 heterocycles. The van der Waals surface area contributed by atoms with Crippen LogP contribution in [0.3, 0.4) is 0 Å². The lowest BCUT2D eigenvalue weighted by atomic mass is 10.1. The Morgan fingerprint density at radius 2 is 1.81 bits per heavy atom. The number of nitrogens with one attached hydrogen (secondary N) is 2. The molecule has 0 aliphatic heterocycles. The zero-order valence-electron chi connectivity index (χ0n) is 12.7. The number of likely N-dealkylation sites (N-methyl/N-ethyl adjacent to an activating group) is 1. The first-order valence-electron chi connectivity index (χ1n) is 6.67. The van der Waals surface area contributed by atoms with E-state index in [0.717, 1.165) is 5.56 Å². The van der Waals surface area contributed by atoms with Crippen molar-refractivity contribution in [3.63, 3.8) is 0 Å². The van der Waals surface area contributed by atoms with Gasteiger partial charge in [-0.25, -0.2) is 9.18 Å². The summed E-state index contributed by atoms with van der Waals surface area (Å²) in [6, 6.07) is 4.98. The Labute approximate surface area is 123 Å². The molecule has 2 N–H and O–H groups in total. The van der Waals surface area contributed by atoms with Gasteiger partial charge in [0, 0.05) is 13.5 Å². The normalized spacial score (nSPS) is 12.4. The smallest absolute Gasteiger partial charge is 0.408 e. The molecule has 0 saturated heterocycles. The third kappa shape index (κ3) is 6.25. The van der Waals surface area contributed by atoms with Gasteiger partial charge in [0.15, 0.2) is 0 Å². The summed E-state index contributed by atoms with van der Waals surface area (Å²) >= 11 is 0. The Morgan fingerprint density at radius 1 is 1.24 bits per heavy atom. The lowest BCUT2D eigenvalue weighted by molar-refractivity contribution is -0.122. The Morgan fingerprint density at radius 3 is 2.29 bits per heavy atom. The molecule has 1 aromatic rings. The van der Waals surface area contributed by atoms with Crippen molar-refractivity contribution < 1.29 is 18.7 Å². The molecular weight excluding hydrogens is 275 g/mol. The highest BCUT2D eigenvalue weighted by atomic mass is 19.1. The van der Waals surface area contributed by atoms with Gasteiger partial charge in [0.1, 0.15) is 17.5 Å². The van der Waals surface area contributed by atoms with Crippen LogP contribution in [-0.2, 0) is 16.0 Å². The first kappa shape index (κ1) is 16.9. The molecule has 1 aromatic carbocycles. The Kier molecular flexibility index (Phi) is 5.69. The molecule has 6 heteroatoms. The Balaban J connectivity index is 2.74. The van der Waals surface area contributed by atoms with Crippen molar-refractivity contribution in [2.75, 3.05) is 7.05 Å². The topological polar surface area (TPSA) is 67.4 Å². The molecule has 0 saturated carbocycles. The quantitative estimate of drug-likeness (QED) is 0.893. The first-order chi connectivity index (χ1) is 9.71. The summed E-state index contributed by atoms with van der Waals surface area (Å²) in [7, 11) is 1.48. The molecule has 2 amide bonds. The van der Waals surface area contributed by atoms with Crippen molar-refractivity contribution in [2.45, 2.75) is 38.8 Å². The molecule has 0 bridgehead atoms. The molecule has 0 aliphatic rings. The first-order valence-corrected chi connectivity index (χ1v) is 6.67. The van der Waals surface area contributed by atoms with E-state index in [0.29, 0.717) is 0 Å². The van der Waals surface area contributed by atoms with Crippen molar-refractivity contribution >= 4 is 12.0 Å². The fourth-order valence-corrected chi connectivity index (χ4v) is 1.69. The average Bonchev–Trinajstić information content (AvgIpc) is 2.37. The van der Waals surface area contributed by atoms with Crippen LogP contribution >= 0.6 is 0 Å². The van der Waals surface area contributed by atoms with Gasteiger partial charge in [-0.1, -0.05) is 12.1 Å². The molecule has 0 aliphatic carbocycles. The highest BCUT2D eigenvalue weighted by molar-refractivity contribution is 5.85. The Hall–Kier alpha value is -2.11. The molecule has 21 heavy (non-hydrogen) atoms. The van der Waals surface area contributed by atoms with Gasteiger partial charge >= 0.3 is 6.09 Å². The van der Waals surface area contributed by atoms with E-state index >= 15 is 0 Å². The van der Waals surface area contributed by atoms with Gasteiger partial charge in [-0.2, -0.15) is 0 Å². The number of rotatable bonds is 4. The summed E-state index contributed by atoms with van der Waals surface area (Å²) in [5, 5.41) is 5.00. The molecule has 0 radical (unpaired) electrons. The minimum absolute atomic E-state index is 0.249. The van der Waals surface area contributed by atoms with Crippen LogP contribution in [0.1, 0.15) is 26.3 Å². The van der Waals surface area contributed by atoms with E-state index in [4.69, 9.17) is 4.74 Å².